The summed E-state index contributed by atoms with van der Waals surface area (Å²) < 4.78 is 10.6. The molecule has 1 saturated carbocycles. The topological polar surface area (TPSA) is 82.0 Å². The summed E-state index contributed by atoms with van der Waals surface area (Å²) in [6, 6.07) is 3.64. The molecule has 3 heterocycles. The van der Waals surface area contributed by atoms with E-state index in [2.05, 4.69) is 0 Å². The van der Waals surface area contributed by atoms with Gasteiger partial charge in [-0.2, -0.15) is 0 Å². The fraction of sp³-hybridized carbons (Fsp3) is 0.625. The molecule has 0 amide bonds. The van der Waals surface area contributed by atoms with Crippen molar-refractivity contribution in [3.8, 4) is 11.5 Å². The molecule has 0 spiro atoms. The summed E-state index contributed by atoms with van der Waals surface area (Å²) >= 11 is 0. The number of rotatable bonds is 0. The maximum absolute atomic E-state index is 13.3. The molecule has 22 heavy (non-hydrogen) atoms. The molecule has 4 aliphatic rings. The van der Waals surface area contributed by atoms with Gasteiger partial charge in [0.2, 0.25) is 6.79 Å². The highest BCUT2D eigenvalue weighted by Crippen LogP contribution is 2.54. The SMILES string of the molecule is [O-][N+]12CC[C@@H]3C[C@@H](O)[C@@H](O)[C@@H](c4cc5c(cc4C1)OCO5)[C@@H]32. The molecule has 0 radical (unpaired) electrons. The average molecular weight is 305 g/mol. The second-order valence-electron chi connectivity index (χ2n) is 7.10. The number of hydrogen-bond acceptors (Lipinski definition) is 5. The molecule has 1 aliphatic carbocycles. The summed E-state index contributed by atoms with van der Waals surface area (Å²) in [7, 11) is 0. The number of quaternary nitrogens is 1. The number of hydrogen-bond donors (Lipinski definition) is 2. The zero-order valence-electron chi connectivity index (χ0n) is 12.1. The molecule has 2 fully saturated rings. The first-order chi connectivity index (χ1) is 10.6. The van der Waals surface area contributed by atoms with Crippen LogP contribution in [0.5, 0.6) is 11.5 Å². The molecule has 2 N–H and O–H groups in total. The third-order valence-electron chi connectivity index (χ3n) is 6.01. The second-order valence-corrected chi connectivity index (χ2v) is 7.10. The van der Waals surface area contributed by atoms with Crippen LogP contribution in [0, 0.1) is 11.1 Å². The largest absolute Gasteiger partial charge is 0.632 e. The maximum Gasteiger partial charge on any atom is 0.231 e. The first-order valence-electron chi connectivity index (χ1n) is 7.93. The van der Waals surface area contributed by atoms with Crippen LogP contribution in [-0.4, -0.2) is 46.4 Å². The molecule has 5 rings (SSSR count). The summed E-state index contributed by atoms with van der Waals surface area (Å²) in [5, 5.41) is 34.1. The molecular formula is C16H19NO5. The van der Waals surface area contributed by atoms with Crippen molar-refractivity contribution in [1.82, 2.24) is 0 Å². The Morgan fingerprint density at radius 3 is 2.77 bits per heavy atom. The van der Waals surface area contributed by atoms with E-state index in [1.54, 1.807) is 0 Å². The smallest absolute Gasteiger partial charge is 0.231 e. The monoisotopic (exact) mass is 305 g/mol. The number of ether oxygens (including phenoxy) is 2. The van der Waals surface area contributed by atoms with Crippen LogP contribution in [0.3, 0.4) is 0 Å². The lowest BCUT2D eigenvalue weighted by Crippen LogP contribution is -2.60. The van der Waals surface area contributed by atoms with Crippen LogP contribution in [0.1, 0.15) is 29.9 Å². The Hall–Kier alpha value is -1.34. The molecule has 1 saturated heterocycles. The zero-order chi connectivity index (χ0) is 15.1. The third-order valence-corrected chi connectivity index (χ3v) is 6.01. The Bertz CT molecular complexity index is 650. The van der Waals surface area contributed by atoms with Crippen molar-refractivity contribution in [1.29, 1.82) is 0 Å². The average Bonchev–Trinajstić information content (AvgIpc) is 3.06. The van der Waals surface area contributed by atoms with Gasteiger partial charge in [-0.15, -0.1) is 0 Å². The first-order valence-corrected chi connectivity index (χ1v) is 7.93. The molecule has 1 unspecified atom stereocenters. The van der Waals surface area contributed by atoms with Crippen LogP contribution >= 0.6 is 0 Å². The highest BCUT2D eigenvalue weighted by molar-refractivity contribution is 5.51. The van der Waals surface area contributed by atoms with Crippen LogP contribution < -0.4 is 9.47 Å². The van der Waals surface area contributed by atoms with Gasteiger partial charge < -0.3 is 29.5 Å². The highest BCUT2D eigenvalue weighted by atomic mass is 16.7. The van der Waals surface area contributed by atoms with Gasteiger partial charge in [0.1, 0.15) is 12.6 Å². The van der Waals surface area contributed by atoms with E-state index in [1.807, 2.05) is 12.1 Å². The first kappa shape index (κ1) is 13.1. The number of nitrogens with zero attached hydrogens (tertiary/aromatic N) is 1. The fourth-order valence-electron chi connectivity index (χ4n) is 5.11. The van der Waals surface area contributed by atoms with Crippen molar-refractivity contribution in [3.05, 3.63) is 28.5 Å². The number of hydroxylamine groups is 3. The van der Waals surface area contributed by atoms with E-state index < -0.39 is 12.2 Å². The lowest BCUT2D eigenvalue weighted by molar-refractivity contribution is -0.913. The van der Waals surface area contributed by atoms with E-state index in [0.717, 1.165) is 17.5 Å². The van der Waals surface area contributed by atoms with Gasteiger partial charge in [-0.3, -0.25) is 0 Å². The molecule has 1 aromatic carbocycles. The summed E-state index contributed by atoms with van der Waals surface area (Å²) in [6.07, 6.45) is -0.279. The van der Waals surface area contributed by atoms with Crippen molar-refractivity contribution in [3.63, 3.8) is 0 Å². The van der Waals surface area contributed by atoms with Crippen LogP contribution in [0.2, 0.25) is 0 Å². The van der Waals surface area contributed by atoms with Gasteiger partial charge in [-0.05, 0) is 24.1 Å². The van der Waals surface area contributed by atoms with Gasteiger partial charge in [0.15, 0.2) is 11.5 Å². The third kappa shape index (κ3) is 1.53. The van der Waals surface area contributed by atoms with Gasteiger partial charge >= 0.3 is 0 Å². The minimum atomic E-state index is -0.884. The molecule has 118 valence electrons. The summed E-state index contributed by atoms with van der Waals surface area (Å²) in [4.78, 5) is 0. The quantitative estimate of drug-likeness (QED) is 0.548. The van der Waals surface area contributed by atoms with Gasteiger partial charge in [0.05, 0.1) is 24.7 Å². The van der Waals surface area contributed by atoms with Crippen LogP contribution in [-0.2, 0) is 6.54 Å². The van der Waals surface area contributed by atoms with Crippen LogP contribution in [0.4, 0.5) is 0 Å². The maximum atomic E-state index is 13.3. The van der Waals surface area contributed by atoms with Crippen molar-refractivity contribution >= 4 is 0 Å². The zero-order valence-corrected chi connectivity index (χ0v) is 12.1. The number of benzene rings is 1. The summed E-state index contributed by atoms with van der Waals surface area (Å²) in [5.41, 5.74) is 1.88. The van der Waals surface area contributed by atoms with Crippen molar-refractivity contribution in [2.45, 2.75) is 43.6 Å². The van der Waals surface area contributed by atoms with Gasteiger partial charge in [-0.25, -0.2) is 0 Å². The summed E-state index contributed by atoms with van der Waals surface area (Å²) in [6.45, 7) is 1.18. The van der Waals surface area contributed by atoms with Crippen molar-refractivity contribution < 1.29 is 24.3 Å². The molecule has 6 heteroatoms. The lowest BCUT2D eigenvalue weighted by atomic mass is 9.68. The number of aliphatic hydroxyl groups excluding tert-OH is 2. The highest BCUT2D eigenvalue weighted by Gasteiger charge is 2.58. The van der Waals surface area contributed by atoms with E-state index >= 15 is 0 Å². The van der Waals surface area contributed by atoms with Crippen molar-refractivity contribution in [2.75, 3.05) is 13.3 Å². The standard InChI is InChI=1S/C16H19NO5/c18-11-3-8-1-2-17(20)6-9-4-12-13(22-7-21-12)5-10(9)14(15(8)17)16(11)19/h4-5,8,11,14-16,18-19H,1-3,6-7H2/t8-,11-,14+,15-,16-,17?/m1/s1. The molecule has 6 atom stereocenters. The lowest BCUT2D eigenvalue weighted by Gasteiger charge is -2.55. The Morgan fingerprint density at radius 2 is 1.95 bits per heavy atom. The summed E-state index contributed by atoms with van der Waals surface area (Å²) in [5.74, 6) is 1.23. The number of fused-ring (bicyclic) bond motifs is 3. The van der Waals surface area contributed by atoms with E-state index in [9.17, 15) is 15.4 Å². The Balaban J connectivity index is 1.70. The van der Waals surface area contributed by atoms with Gasteiger partial charge in [0.25, 0.3) is 0 Å². The normalized spacial score (nSPS) is 44.6. The van der Waals surface area contributed by atoms with E-state index in [4.69, 9.17) is 9.47 Å². The number of aliphatic hydroxyl groups is 2. The minimum Gasteiger partial charge on any atom is -0.632 e. The molecule has 0 bridgehead atoms. The molecule has 0 aromatic heterocycles. The van der Waals surface area contributed by atoms with E-state index in [0.29, 0.717) is 31.0 Å². The molecule has 6 nitrogen and oxygen atoms in total. The Labute approximate surface area is 128 Å². The van der Waals surface area contributed by atoms with Gasteiger partial charge in [-0.1, -0.05) is 0 Å². The van der Waals surface area contributed by atoms with Crippen LogP contribution in [0.25, 0.3) is 0 Å². The van der Waals surface area contributed by atoms with E-state index in [-0.39, 0.29) is 29.3 Å². The Kier molecular flexibility index (Phi) is 2.47. The van der Waals surface area contributed by atoms with E-state index in [1.165, 1.54) is 0 Å². The fourth-order valence-corrected chi connectivity index (χ4v) is 5.11. The van der Waals surface area contributed by atoms with Gasteiger partial charge in [0, 0.05) is 17.9 Å². The molecule has 3 aliphatic heterocycles. The van der Waals surface area contributed by atoms with Crippen molar-refractivity contribution in [2.24, 2.45) is 5.92 Å². The molecular weight excluding hydrogens is 286 g/mol. The molecule has 1 aromatic rings. The predicted octanol–water partition coefficient (Wildman–Crippen LogP) is 0.841. The predicted molar refractivity (Wildman–Crippen MR) is 76.0 cm³/mol. The second kappa shape index (κ2) is 4.14. The van der Waals surface area contributed by atoms with Crippen LogP contribution in [0.15, 0.2) is 12.1 Å². The minimum absolute atomic E-state index is 0.147. The Morgan fingerprint density at radius 1 is 1.18 bits per heavy atom.